The van der Waals surface area contributed by atoms with Crippen LogP contribution in [0.1, 0.15) is 22.7 Å². The summed E-state index contributed by atoms with van der Waals surface area (Å²) in [5.74, 6) is -0.0475. The Morgan fingerprint density at radius 2 is 2.00 bits per heavy atom. The van der Waals surface area contributed by atoms with E-state index >= 15 is 0 Å². The van der Waals surface area contributed by atoms with Crippen LogP contribution >= 0.6 is 0 Å². The molecular weight excluding hydrogens is 253 g/mol. The van der Waals surface area contributed by atoms with Crippen molar-refractivity contribution in [2.45, 2.75) is 19.4 Å². The van der Waals surface area contributed by atoms with Crippen LogP contribution in [0.15, 0.2) is 42.5 Å². The molecule has 0 bridgehead atoms. The monoisotopic (exact) mass is 273 g/mol. The molecule has 2 rings (SSSR count). The number of hydrogen-bond donors (Lipinski definition) is 1. The van der Waals surface area contributed by atoms with Crippen LogP contribution in [0.25, 0.3) is 0 Å². The van der Waals surface area contributed by atoms with Gasteiger partial charge in [-0.2, -0.15) is 0 Å². The molecule has 2 aromatic carbocycles. The van der Waals surface area contributed by atoms with Crippen LogP contribution in [-0.2, 0) is 6.42 Å². The van der Waals surface area contributed by atoms with Crippen molar-refractivity contribution < 1.29 is 9.13 Å². The summed E-state index contributed by atoms with van der Waals surface area (Å²) in [6.07, 6.45) is 0.854. The van der Waals surface area contributed by atoms with Gasteiger partial charge in [-0.15, -0.1) is 0 Å². The fourth-order valence-corrected chi connectivity index (χ4v) is 2.35. The Labute approximate surface area is 119 Å². The number of ether oxygens (including phenoxy) is 1. The molecule has 20 heavy (non-hydrogen) atoms. The molecule has 0 amide bonds. The van der Waals surface area contributed by atoms with Crippen molar-refractivity contribution in [1.29, 1.82) is 0 Å². The average Bonchev–Trinajstić information content (AvgIpc) is 2.45. The number of rotatable bonds is 5. The molecular formula is C17H20FNO. The lowest BCUT2D eigenvalue weighted by Crippen LogP contribution is -2.19. The van der Waals surface area contributed by atoms with E-state index in [4.69, 9.17) is 4.74 Å². The SMILES string of the molecule is CNC(Cc1cccc(C)c1)c1ccc(F)c(OC)c1. The lowest BCUT2D eigenvalue weighted by Gasteiger charge is -2.18. The Kier molecular flexibility index (Phi) is 4.74. The highest BCUT2D eigenvalue weighted by Gasteiger charge is 2.13. The van der Waals surface area contributed by atoms with Gasteiger partial charge in [-0.1, -0.05) is 35.9 Å². The fraction of sp³-hybridized carbons (Fsp3) is 0.294. The molecule has 0 radical (unpaired) electrons. The van der Waals surface area contributed by atoms with E-state index in [-0.39, 0.29) is 17.6 Å². The number of benzene rings is 2. The summed E-state index contributed by atoms with van der Waals surface area (Å²) in [6.45, 7) is 2.08. The van der Waals surface area contributed by atoms with Gasteiger partial charge in [0.2, 0.25) is 0 Å². The highest BCUT2D eigenvalue weighted by molar-refractivity contribution is 5.33. The number of methoxy groups -OCH3 is 1. The first-order valence-corrected chi connectivity index (χ1v) is 6.70. The maximum atomic E-state index is 13.5. The minimum absolute atomic E-state index is 0.131. The van der Waals surface area contributed by atoms with Crippen LogP contribution in [0, 0.1) is 12.7 Å². The van der Waals surface area contributed by atoms with E-state index in [1.165, 1.54) is 24.3 Å². The second-order valence-electron chi connectivity index (χ2n) is 4.93. The van der Waals surface area contributed by atoms with Crippen molar-refractivity contribution in [2.75, 3.05) is 14.2 Å². The van der Waals surface area contributed by atoms with Crippen molar-refractivity contribution in [3.63, 3.8) is 0 Å². The molecule has 0 aliphatic carbocycles. The van der Waals surface area contributed by atoms with Gasteiger partial charge in [0.1, 0.15) is 0 Å². The molecule has 1 atom stereocenters. The smallest absolute Gasteiger partial charge is 0.165 e. The minimum atomic E-state index is -0.332. The summed E-state index contributed by atoms with van der Waals surface area (Å²) < 4.78 is 18.5. The molecule has 1 N–H and O–H groups in total. The molecule has 2 aromatic rings. The number of halogens is 1. The normalized spacial score (nSPS) is 12.2. The van der Waals surface area contributed by atoms with Crippen LogP contribution in [0.5, 0.6) is 5.75 Å². The van der Waals surface area contributed by atoms with E-state index in [9.17, 15) is 4.39 Å². The molecule has 0 fully saturated rings. The van der Waals surface area contributed by atoms with Gasteiger partial charge < -0.3 is 10.1 Å². The first-order chi connectivity index (χ1) is 9.63. The van der Waals surface area contributed by atoms with Crippen molar-refractivity contribution >= 4 is 0 Å². The second-order valence-corrected chi connectivity index (χ2v) is 4.93. The second kappa shape index (κ2) is 6.53. The predicted molar refractivity (Wildman–Crippen MR) is 79.6 cm³/mol. The van der Waals surface area contributed by atoms with Gasteiger partial charge in [0, 0.05) is 6.04 Å². The van der Waals surface area contributed by atoms with E-state index in [2.05, 4.69) is 36.5 Å². The largest absolute Gasteiger partial charge is 0.494 e. The van der Waals surface area contributed by atoms with E-state index in [0.29, 0.717) is 0 Å². The molecule has 2 nitrogen and oxygen atoms in total. The molecule has 0 spiro atoms. The lowest BCUT2D eigenvalue weighted by atomic mass is 9.98. The maximum absolute atomic E-state index is 13.5. The Morgan fingerprint density at radius 3 is 2.65 bits per heavy atom. The molecule has 106 valence electrons. The highest BCUT2D eigenvalue weighted by Crippen LogP contribution is 2.25. The summed E-state index contributed by atoms with van der Waals surface area (Å²) in [6, 6.07) is 13.6. The third-order valence-electron chi connectivity index (χ3n) is 3.45. The number of likely N-dealkylation sites (N-methyl/N-ethyl adjacent to an activating group) is 1. The topological polar surface area (TPSA) is 21.3 Å². The van der Waals surface area contributed by atoms with E-state index < -0.39 is 0 Å². The van der Waals surface area contributed by atoms with Crippen molar-refractivity contribution in [3.8, 4) is 5.75 Å². The summed E-state index contributed by atoms with van der Waals surface area (Å²) >= 11 is 0. The van der Waals surface area contributed by atoms with Gasteiger partial charge in [0.05, 0.1) is 7.11 Å². The van der Waals surface area contributed by atoms with Crippen molar-refractivity contribution in [1.82, 2.24) is 5.32 Å². The van der Waals surface area contributed by atoms with Crippen LogP contribution in [0.2, 0.25) is 0 Å². The summed E-state index contributed by atoms with van der Waals surface area (Å²) in [5.41, 5.74) is 3.52. The Bertz CT molecular complexity index is 583. The Hall–Kier alpha value is -1.87. The van der Waals surface area contributed by atoms with E-state index in [0.717, 1.165) is 12.0 Å². The predicted octanol–water partition coefficient (Wildman–Crippen LogP) is 3.65. The minimum Gasteiger partial charge on any atom is -0.494 e. The van der Waals surface area contributed by atoms with Crippen LogP contribution in [0.3, 0.4) is 0 Å². The Morgan fingerprint density at radius 1 is 1.20 bits per heavy atom. The summed E-state index contributed by atoms with van der Waals surface area (Å²) in [5, 5.41) is 3.28. The molecule has 0 aliphatic rings. The number of hydrogen-bond acceptors (Lipinski definition) is 2. The molecule has 0 saturated heterocycles. The molecule has 3 heteroatoms. The number of nitrogens with one attached hydrogen (secondary N) is 1. The van der Waals surface area contributed by atoms with E-state index in [1.807, 2.05) is 7.05 Å². The van der Waals surface area contributed by atoms with Crippen LogP contribution in [-0.4, -0.2) is 14.2 Å². The van der Waals surface area contributed by atoms with Gasteiger partial charge in [0.15, 0.2) is 11.6 Å². The van der Waals surface area contributed by atoms with Gasteiger partial charge in [-0.3, -0.25) is 0 Å². The molecule has 0 aromatic heterocycles. The molecule has 1 unspecified atom stereocenters. The highest BCUT2D eigenvalue weighted by atomic mass is 19.1. The van der Waals surface area contributed by atoms with Crippen molar-refractivity contribution in [2.24, 2.45) is 0 Å². The summed E-state index contributed by atoms with van der Waals surface area (Å²) in [4.78, 5) is 0. The van der Waals surface area contributed by atoms with Gasteiger partial charge in [-0.05, 0) is 43.7 Å². The molecule has 0 heterocycles. The van der Waals surface area contributed by atoms with Crippen LogP contribution in [0.4, 0.5) is 4.39 Å². The quantitative estimate of drug-likeness (QED) is 0.898. The Balaban J connectivity index is 2.24. The zero-order chi connectivity index (χ0) is 14.5. The first kappa shape index (κ1) is 14.5. The zero-order valence-corrected chi connectivity index (χ0v) is 12.1. The first-order valence-electron chi connectivity index (χ1n) is 6.70. The van der Waals surface area contributed by atoms with Gasteiger partial charge in [0.25, 0.3) is 0 Å². The van der Waals surface area contributed by atoms with Crippen molar-refractivity contribution in [3.05, 3.63) is 65.0 Å². The molecule has 0 aliphatic heterocycles. The maximum Gasteiger partial charge on any atom is 0.165 e. The van der Waals surface area contributed by atoms with Gasteiger partial charge in [-0.25, -0.2) is 4.39 Å². The number of aryl methyl sites for hydroxylation is 1. The standard InChI is InChI=1S/C17H20FNO/c1-12-5-4-6-13(9-12)10-16(19-2)14-7-8-15(18)17(11-14)20-3/h4-9,11,16,19H,10H2,1-3H3. The third kappa shape index (κ3) is 3.36. The lowest BCUT2D eigenvalue weighted by molar-refractivity contribution is 0.385. The molecule has 0 saturated carbocycles. The average molecular weight is 273 g/mol. The van der Waals surface area contributed by atoms with E-state index in [1.54, 1.807) is 12.1 Å². The third-order valence-corrected chi connectivity index (χ3v) is 3.45. The van der Waals surface area contributed by atoms with Crippen LogP contribution < -0.4 is 10.1 Å². The fourth-order valence-electron chi connectivity index (χ4n) is 2.35. The zero-order valence-electron chi connectivity index (χ0n) is 12.1. The summed E-state index contributed by atoms with van der Waals surface area (Å²) in [7, 11) is 3.40. The van der Waals surface area contributed by atoms with Gasteiger partial charge >= 0.3 is 0 Å².